The van der Waals surface area contributed by atoms with E-state index < -0.39 is 5.91 Å². The van der Waals surface area contributed by atoms with E-state index in [1.165, 1.54) is 12.0 Å². The molecule has 30 heavy (non-hydrogen) atoms. The molecule has 0 spiro atoms. The number of benzene rings is 2. The maximum absolute atomic E-state index is 12.3. The number of amides is 2. The average molecular weight is 450 g/mol. The SMILES string of the molecule is COc1cc(C#N)ccc1OCCCC(=O)N(C)CC(=O)Nc1c(Cl)cccc1Cl. The van der Waals surface area contributed by atoms with Gasteiger partial charge in [0.2, 0.25) is 11.8 Å². The van der Waals surface area contributed by atoms with Gasteiger partial charge in [0.1, 0.15) is 0 Å². The van der Waals surface area contributed by atoms with E-state index in [4.69, 9.17) is 37.9 Å². The van der Waals surface area contributed by atoms with Gasteiger partial charge in [-0.05, 0) is 30.7 Å². The van der Waals surface area contributed by atoms with Crippen molar-refractivity contribution in [1.82, 2.24) is 4.90 Å². The highest BCUT2D eigenvalue weighted by Crippen LogP contribution is 2.30. The van der Waals surface area contributed by atoms with E-state index in [-0.39, 0.29) is 25.5 Å². The van der Waals surface area contributed by atoms with Gasteiger partial charge >= 0.3 is 0 Å². The number of carbonyl (C=O) groups excluding carboxylic acids is 2. The van der Waals surface area contributed by atoms with E-state index in [0.29, 0.717) is 39.2 Å². The number of anilines is 1. The van der Waals surface area contributed by atoms with E-state index in [2.05, 4.69) is 5.32 Å². The lowest BCUT2D eigenvalue weighted by Gasteiger charge is -2.18. The highest BCUT2D eigenvalue weighted by Gasteiger charge is 2.15. The minimum absolute atomic E-state index is 0.134. The molecule has 0 saturated carbocycles. The molecule has 0 aliphatic heterocycles. The Bertz CT molecular complexity index is 940. The van der Waals surface area contributed by atoms with Crippen molar-refractivity contribution in [2.45, 2.75) is 12.8 Å². The third-order valence-electron chi connectivity index (χ3n) is 4.12. The molecular formula is C21H21Cl2N3O4. The van der Waals surface area contributed by atoms with Crippen LogP contribution in [0.15, 0.2) is 36.4 Å². The van der Waals surface area contributed by atoms with Gasteiger partial charge in [0.15, 0.2) is 11.5 Å². The van der Waals surface area contributed by atoms with E-state index in [1.807, 2.05) is 6.07 Å². The Kier molecular flexibility index (Phi) is 8.78. The smallest absolute Gasteiger partial charge is 0.244 e. The first-order chi connectivity index (χ1) is 14.3. The van der Waals surface area contributed by atoms with E-state index in [1.54, 1.807) is 43.4 Å². The standard InChI is InChI=1S/C21H21Cl2N3O4/c1-26(13-19(27)25-21-15(22)5-3-6-16(21)23)20(28)7-4-10-30-17-9-8-14(12-24)11-18(17)29-2/h3,5-6,8-9,11H,4,7,10,13H2,1-2H3,(H,25,27). The van der Waals surface area contributed by atoms with E-state index in [9.17, 15) is 9.59 Å². The van der Waals surface area contributed by atoms with Crippen molar-refractivity contribution in [3.63, 3.8) is 0 Å². The zero-order valence-corrected chi connectivity index (χ0v) is 18.1. The quantitative estimate of drug-likeness (QED) is 0.580. The molecule has 0 aromatic heterocycles. The second-order valence-electron chi connectivity index (χ2n) is 6.32. The first-order valence-electron chi connectivity index (χ1n) is 9.04. The van der Waals surface area contributed by atoms with Crippen LogP contribution >= 0.6 is 23.2 Å². The van der Waals surface area contributed by atoms with Gasteiger partial charge < -0.3 is 19.7 Å². The summed E-state index contributed by atoms with van der Waals surface area (Å²) < 4.78 is 10.8. The molecule has 2 aromatic carbocycles. The fraction of sp³-hybridized carbons (Fsp3) is 0.286. The number of hydrogen-bond donors (Lipinski definition) is 1. The Morgan fingerprint density at radius 2 is 1.87 bits per heavy atom. The Balaban J connectivity index is 1.78. The van der Waals surface area contributed by atoms with Crippen LogP contribution in [0.4, 0.5) is 5.69 Å². The maximum Gasteiger partial charge on any atom is 0.244 e. The highest BCUT2D eigenvalue weighted by atomic mass is 35.5. The number of hydrogen-bond acceptors (Lipinski definition) is 5. The van der Waals surface area contributed by atoms with Crippen LogP contribution in [0, 0.1) is 11.3 Å². The zero-order valence-electron chi connectivity index (χ0n) is 16.6. The molecule has 1 N–H and O–H groups in total. The molecule has 0 unspecified atom stereocenters. The largest absolute Gasteiger partial charge is 0.493 e. The average Bonchev–Trinajstić information content (AvgIpc) is 2.73. The molecule has 0 fully saturated rings. The molecule has 2 aromatic rings. The molecular weight excluding hydrogens is 429 g/mol. The summed E-state index contributed by atoms with van der Waals surface area (Å²) in [5, 5.41) is 12.2. The number of likely N-dealkylation sites (N-methyl/N-ethyl adjacent to an activating group) is 1. The molecule has 9 heteroatoms. The summed E-state index contributed by atoms with van der Waals surface area (Å²) in [5.41, 5.74) is 0.781. The summed E-state index contributed by atoms with van der Waals surface area (Å²) in [4.78, 5) is 25.8. The van der Waals surface area contributed by atoms with Crippen LogP contribution < -0.4 is 14.8 Å². The number of carbonyl (C=O) groups is 2. The first kappa shape index (κ1) is 23.3. The summed E-state index contributed by atoms with van der Waals surface area (Å²) in [6, 6.07) is 11.8. The number of rotatable bonds is 9. The molecule has 158 valence electrons. The van der Waals surface area contributed by atoms with Crippen LogP contribution in [-0.2, 0) is 9.59 Å². The van der Waals surface area contributed by atoms with E-state index >= 15 is 0 Å². The third kappa shape index (κ3) is 6.55. The monoisotopic (exact) mass is 449 g/mol. The molecule has 0 aliphatic rings. The van der Waals surface area contributed by atoms with Gasteiger partial charge in [-0.1, -0.05) is 29.3 Å². The lowest BCUT2D eigenvalue weighted by Crippen LogP contribution is -2.35. The van der Waals surface area contributed by atoms with Gasteiger partial charge in [0, 0.05) is 19.5 Å². The molecule has 0 atom stereocenters. The van der Waals surface area contributed by atoms with Crippen molar-refractivity contribution < 1.29 is 19.1 Å². The summed E-state index contributed by atoms with van der Waals surface area (Å²) >= 11 is 12.1. The molecule has 2 amide bonds. The number of nitrogens with zero attached hydrogens (tertiary/aromatic N) is 2. The van der Waals surface area contributed by atoms with Crippen molar-refractivity contribution in [3.8, 4) is 17.6 Å². The van der Waals surface area contributed by atoms with Crippen molar-refractivity contribution >= 4 is 40.7 Å². The Hall–Kier alpha value is -2.95. The molecule has 7 nitrogen and oxygen atoms in total. The van der Waals surface area contributed by atoms with Crippen LogP contribution in [0.5, 0.6) is 11.5 Å². The van der Waals surface area contributed by atoms with Gasteiger partial charge in [-0.2, -0.15) is 5.26 Å². The summed E-state index contributed by atoms with van der Waals surface area (Å²) in [6.07, 6.45) is 0.652. The number of nitrogens with one attached hydrogen (secondary N) is 1. The number of nitriles is 1. The third-order valence-corrected chi connectivity index (χ3v) is 4.75. The Labute approximate surface area is 185 Å². The minimum atomic E-state index is -0.403. The van der Waals surface area contributed by atoms with Crippen molar-refractivity contribution in [2.75, 3.05) is 32.6 Å². The van der Waals surface area contributed by atoms with Crippen LogP contribution in [0.2, 0.25) is 10.0 Å². The predicted octanol–water partition coefficient (Wildman–Crippen LogP) is 4.13. The minimum Gasteiger partial charge on any atom is -0.493 e. The maximum atomic E-state index is 12.3. The molecule has 0 saturated heterocycles. The molecule has 0 aliphatic carbocycles. The van der Waals surface area contributed by atoms with Gasteiger partial charge in [0.25, 0.3) is 0 Å². The lowest BCUT2D eigenvalue weighted by molar-refractivity contribution is -0.133. The molecule has 2 rings (SSSR count). The van der Waals surface area contributed by atoms with Crippen LogP contribution in [0.25, 0.3) is 0 Å². The first-order valence-corrected chi connectivity index (χ1v) is 9.80. The second kappa shape index (κ2) is 11.3. The van der Waals surface area contributed by atoms with Gasteiger partial charge in [-0.25, -0.2) is 0 Å². The topological polar surface area (TPSA) is 91.7 Å². The summed E-state index contributed by atoms with van der Waals surface area (Å²) in [7, 11) is 3.03. The van der Waals surface area contributed by atoms with Crippen LogP contribution in [0.1, 0.15) is 18.4 Å². The Morgan fingerprint density at radius 1 is 1.17 bits per heavy atom. The van der Waals surface area contributed by atoms with Gasteiger partial charge in [-0.3, -0.25) is 9.59 Å². The lowest BCUT2D eigenvalue weighted by atomic mass is 10.2. The van der Waals surface area contributed by atoms with Crippen molar-refractivity contribution in [2.24, 2.45) is 0 Å². The molecule has 0 heterocycles. The number of para-hydroxylation sites is 1. The molecule has 0 radical (unpaired) electrons. The van der Waals surface area contributed by atoms with Gasteiger partial charge in [0.05, 0.1) is 47.6 Å². The highest BCUT2D eigenvalue weighted by molar-refractivity contribution is 6.39. The van der Waals surface area contributed by atoms with Crippen LogP contribution in [0.3, 0.4) is 0 Å². The second-order valence-corrected chi connectivity index (χ2v) is 7.14. The predicted molar refractivity (Wildman–Crippen MR) is 115 cm³/mol. The van der Waals surface area contributed by atoms with E-state index in [0.717, 1.165) is 0 Å². The zero-order chi connectivity index (χ0) is 22.1. The Morgan fingerprint density at radius 3 is 2.50 bits per heavy atom. The number of ether oxygens (including phenoxy) is 2. The number of halogens is 2. The van der Waals surface area contributed by atoms with Gasteiger partial charge in [-0.15, -0.1) is 0 Å². The normalized spacial score (nSPS) is 10.1. The van der Waals surface area contributed by atoms with Crippen LogP contribution in [-0.4, -0.2) is 44.0 Å². The summed E-state index contributed by atoms with van der Waals surface area (Å²) in [5.74, 6) is 0.339. The molecule has 0 bridgehead atoms. The number of methoxy groups -OCH3 is 1. The van der Waals surface area contributed by atoms with Crippen molar-refractivity contribution in [1.29, 1.82) is 5.26 Å². The van der Waals surface area contributed by atoms with Crippen molar-refractivity contribution in [3.05, 3.63) is 52.0 Å². The fourth-order valence-corrected chi connectivity index (χ4v) is 3.04. The fourth-order valence-electron chi connectivity index (χ4n) is 2.55. The summed E-state index contributed by atoms with van der Waals surface area (Å²) in [6.45, 7) is 0.147.